The third-order valence-electron chi connectivity index (χ3n) is 13.4. The minimum absolute atomic E-state index is 0.0405. The van der Waals surface area contributed by atoms with E-state index in [0.29, 0.717) is 78.7 Å². The molecule has 18 heteroatoms. The SMILES string of the molecule is CNC(=O)COc1cc2cc(Nc3nc(N4CCC(C(=O)C5CC(NC(=O)CC6N=C(c7ccc(C)cc7)c7c(sc(C)c7C)-n7c(C)nnc76)C5)CC4)ncc3C)cc(OC)c2n(C)c1=O. The standard InChI is InChI=1S/C49H55N11O6S/c1-25-9-11-30(12-10-25)42-41-27(3)28(4)67-48(41)60-29(5)56-57-46(60)36(54-42)22-39(61)52-34-18-33(19-34)44(63)31-13-15-59(16-14-31)49-51-23-26(2)45(55-49)53-35-17-32-20-38(66-24-40(62)50-6)47(64)58(7)43(32)37(21-35)65-8/h9-12,17,20-21,23,31,33-34,36H,13-16,18-19,22,24H2,1-8H3,(H,50,62)(H,52,61)(H,51,53,55). The molecule has 0 spiro atoms. The fourth-order valence-electron chi connectivity index (χ4n) is 9.33. The van der Waals surface area contributed by atoms with Crippen LogP contribution >= 0.6 is 11.3 Å². The van der Waals surface area contributed by atoms with Gasteiger partial charge in [-0.1, -0.05) is 29.8 Å². The largest absolute Gasteiger partial charge is 0.494 e. The van der Waals surface area contributed by atoms with Gasteiger partial charge in [0, 0.05) is 90.0 Å². The van der Waals surface area contributed by atoms with E-state index >= 15 is 0 Å². The molecule has 1 atom stereocenters. The van der Waals surface area contributed by atoms with Crippen molar-refractivity contribution in [3.63, 3.8) is 0 Å². The lowest BCUT2D eigenvalue weighted by molar-refractivity contribution is -0.132. The van der Waals surface area contributed by atoms with Crippen LogP contribution in [0.1, 0.15) is 82.5 Å². The number of aliphatic imine (C=N–C) groups is 1. The Hall–Kier alpha value is -6.95. The first kappa shape index (κ1) is 45.2. The summed E-state index contributed by atoms with van der Waals surface area (Å²) >= 11 is 1.69. The molecule has 2 aliphatic heterocycles. The zero-order valence-corrected chi connectivity index (χ0v) is 39.8. The number of hydrogen-bond donors (Lipinski definition) is 3. The summed E-state index contributed by atoms with van der Waals surface area (Å²) in [7, 11) is 4.66. The highest BCUT2D eigenvalue weighted by molar-refractivity contribution is 7.15. The van der Waals surface area contributed by atoms with Crippen LogP contribution in [0, 0.1) is 46.5 Å². The number of amides is 2. The number of piperidine rings is 1. The molecule has 6 aromatic rings. The summed E-state index contributed by atoms with van der Waals surface area (Å²) in [6.45, 7) is 11.1. The van der Waals surface area contributed by atoms with E-state index in [4.69, 9.17) is 19.5 Å². The minimum Gasteiger partial charge on any atom is -0.494 e. The van der Waals surface area contributed by atoms with Crippen molar-refractivity contribution < 1.29 is 23.9 Å². The molecule has 348 valence electrons. The van der Waals surface area contributed by atoms with Gasteiger partial charge in [0.25, 0.3) is 11.5 Å². The van der Waals surface area contributed by atoms with E-state index < -0.39 is 11.6 Å². The van der Waals surface area contributed by atoms with Crippen LogP contribution < -0.4 is 35.9 Å². The van der Waals surface area contributed by atoms with Crippen LogP contribution in [0.15, 0.2) is 58.4 Å². The van der Waals surface area contributed by atoms with Crippen molar-refractivity contribution in [2.45, 2.75) is 78.8 Å². The van der Waals surface area contributed by atoms with E-state index in [9.17, 15) is 19.2 Å². The number of nitrogens with one attached hydrogen (secondary N) is 3. The van der Waals surface area contributed by atoms with Crippen LogP contribution in [-0.2, 0) is 21.4 Å². The minimum atomic E-state index is -0.541. The second kappa shape index (κ2) is 18.4. The monoisotopic (exact) mass is 925 g/mol. The Morgan fingerprint density at radius 3 is 2.39 bits per heavy atom. The van der Waals surface area contributed by atoms with E-state index in [1.807, 2.05) is 19.9 Å². The molecule has 67 heavy (non-hydrogen) atoms. The van der Waals surface area contributed by atoms with E-state index in [1.165, 1.54) is 23.6 Å². The maximum Gasteiger partial charge on any atom is 0.293 e. The maximum atomic E-state index is 13.8. The summed E-state index contributed by atoms with van der Waals surface area (Å²) < 4.78 is 14.8. The summed E-state index contributed by atoms with van der Waals surface area (Å²) in [4.78, 5) is 70.6. The van der Waals surface area contributed by atoms with Gasteiger partial charge in [0.05, 0.1) is 24.8 Å². The Morgan fingerprint density at radius 2 is 1.67 bits per heavy atom. The Labute approximate surface area is 392 Å². The normalized spacial score (nSPS) is 18.0. The number of carbonyl (C=O) groups is 3. The van der Waals surface area contributed by atoms with Gasteiger partial charge in [-0.05, 0) is 78.0 Å². The third kappa shape index (κ3) is 8.77. The van der Waals surface area contributed by atoms with Crippen LogP contribution in [0.2, 0.25) is 0 Å². The van der Waals surface area contributed by atoms with E-state index in [0.717, 1.165) is 44.4 Å². The zero-order chi connectivity index (χ0) is 47.3. The topological polar surface area (TPSA) is 200 Å². The lowest BCUT2D eigenvalue weighted by Crippen LogP contribution is -2.49. The van der Waals surface area contributed by atoms with Gasteiger partial charge in [0.15, 0.2) is 18.2 Å². The highest BCUT2D eigenvalue weighted by Crippen LogP contribution is 2.41. The lowest BCUT2D eigenvalue weighted by Gasteiger charge is -2.39. The molecule has 3 aliphatic rings. The van der Waals surface area contributed by atoms with Crippen LogP contribution in [-0.4, -0.2) is 92.5 Å². The van der Waals surface area contributed by atoms with Gasteiger partial charge in [0.1, 0.15) is 34.2 Å². The van der Waals surface area contributed by atoms with Crippen LogP contribution in [0.5, 0.6) is 11.5 Å². The highest BCUT2D eigenvalue weighted by atomic mass is 32.1. The maximum absolute atomic E-state index is 13.8. The van der Waals surface area contributed by atoms with Gasteiger partial charge in [-0.25, -0.2) is 4.98 Å². The van der Waals surface area contributed by atoms with Gasteiger partial charge in [-0.2, -0.15) is 4.98 Å². The number of aromatic nitrogens is 6. The molecule has 4 aromatic heterocycles. The van der Waals surface area contributed by atoms with Crippen molar-refractivity contribution in [3.05, 3.63) is 103 Å². The lowest BCUT2D eigenvalue weighted by atomic mass is 9.72. The van der Waals surface area contributed by atoms with Crippen molar-refractivity contribution in [2.24, 2.45) is 23.9 Å². The molecule has 2 amide bonds. The molecule has 6 heterocycles. The molecule has 0 bridgehead atoms. The number of benzene rings is 2. The fraction of sp³-hybridized carbons (Fsp3) is 0.408. The van der Waals surface area contributed by atoms with Gasteiger partial charge in [-0.15, -0.1) is 21.5 Å². The molecule has 1 unspecified atom stereocenters. The fourth-order valence-corrected chi connectivity index (χ4v) is 10.5. The summed E-state index contributed by atoms with van der Waals surface area (Å²) in [5, 5.41) is 19.8. The van der Waals surface area contributed by atoms with Crippen molar-refractivity contribution in [1.82, 2.24) is 39.9 Å². The molecule has 2 fully saturated rings. The van der Waals surface area contributed by atoms with Gasteiger partial charge >= 0.3 is 0 Å². The number of aryl methyl sites for hydroxylation is 5. The average Bonchev–Trinajstić information content (AvgIpc) is 3.79. The molecule has 3 N–H and O–H groups in total. The van der Waals surface area contributed by atoms with Crippen molar-refractivity contribution in [1.29, 1.82) is 0 Å². The predicted molar refractivity (Wildman–Crippen MR) is 258 cm³/mol. The highest BCUT2D eigenvalue weighted by Gasteiger charge is 2.40. The molecule has 2 aromatic carbocycles. The molecular formula is C49H55N11O6S. The predicted octanol–water partition coefficient (Wildman–Crippen LogP) is 6.05. The number of pyridine rings is 1. The number of nitrogens with zero attached hydrogens (tertiary/aromatic N) is 8. The van der Waals surface area contributed by atoms with Gasteiger partial charge in [0.2, 0.25) is 11.9 Å². The molecule has 1 saturated carbocycles. The van der Waals surface area contributed by atoms with Crippen molar-refractivity contribution in [2.75, 3.05) is 44.1 Å². The Kier molecular flexibility index (Phi) is 12.4. The van der Waals surface area contributed by atoms with Crippen LogP contribution in [0.4, 0.5) is 17.5 Å². The van der Waals surface area contributed by atoms with E-state index in [1.54, 1.807) is 36.7 Å². The number of ketones is 1. The van der Waals surface area contributed by atoms with Crippen LogP contribution in [0.3, 0.4) is 0 Å². The molecule has 0 radical (unpaired) electrons. The first-order valence-corrected chi connectivity index (χ1v) is 23.4. The molecule has 1 aliphatic carbocycles. The number of fused-ring (bicyclic) bond motifs is 4. The Balaban J connectivity index is 0.816. The Bertz CT molecular complexity index is 3010. The second-order valence-corrected chi connectivity index (χ2v) is 19.0. The van der Waals surface area contributed by atoms with Gasteiger partial charge in [-0.3, -0.25) is 28.7 Å². The third-order valence-corrected chi connectivity index (χ3v) is 14.5. The molecule has 9 rings (SSSR count). The number of Topliss-reactive ketones (excluding diaryl/α,β-unsaturated/α-hetero) is 1. The number of thiophene rings is 1. The number of hydrogen-bond acceptors (Lipinski definition) is 14. The second-order valence-electron chi connectivity index (χ2n) is 17.8. The number of likely N-dealkylation sites (N-methyl/N-ethyl adjacent to an activating group) is 1. The summed E-state index contributed by atoms with van der Waals surface area (Å²) in [6, 6.07) is 13.0. The number of methoxy groups -OCH3 is 1. The van der Waals surface area contributed by atoms with Gasteiger partial charge < -0.3 is 34.9 Å². The molecule has 17 nitrogen and oxygen atoms in total. The Morgan fingerprint density at radius 1 is 0.925 bits per heavy atom. The zero-order valence-electron chi connectivity index (χ0n) is 39.0. The van der Waals surface area contributed by atoms with Crippen molar-refractivity contribution in [3.8, 4) is 16.5 Å². The quantitative estimate of drug-likeness (QED) is 0.121. The number of rotatable bonds is 13. The smallest absolute Gasteiger partial charge is 0.293 e. The number of anilines is 3. The summed E-state index contributed by atoms with van der Waals surface area (Å²) in [6.07, 6.45) is 4.50. The first-order valence-electron chi connectivity index (χ1n) is 22.6. The van der Waals surface area contributed by atoms with Crippen LogP contribution in [0.25, 0.3) is 15.9 Å². The van der Waals surface area contributed by atoms with E-state index in [2.05, 4.69) is 85.6 Å². The molecular weight excluding hydrogens is 871 g/mol. The number of carbonyl (C=O) groups excluding carboxylic acids is 3. The van der Waals surface area contributed by atoms with E-state index in [-0.39, 0.29) is 54.3 Å². The summed E-state index contributed by atoms with van der Waals surface area (Å²) in [5.74, 6) is 2.69. The first-order chi connectivity index (χ1) is 32.2. The molecule has 1 saturated heterocycles. The van der Waals surface area contributed by atoms with Crippen molar-refractivity contribution >= 4 is 63.0 Å². The average molecular weight is 926 g/mol. The summed E-state index contributed by atoms with van der Waals surface area (Å²) in [5.41, 5.74) is 6.88. The number of ether oxygens (including phenoxy) is 2.